The van der Waals surface area contributed by atoms with E-state index in [0.717, 1.165) is 15.2 Å². The number of nitrogens with zero attached hydrogens (tertiary/aromatic N) is 1. The van der Waals surface area contributed by atoms with Gasteiger partial charge in [0.25, 0.3) is 0 Å². The molecular weight excluding hydrogens is 274 g/mol. The molecule has 0 bridgehead atoms. The van der Waals surface area contributed by atoms with Crippen LogP contribution in [0, 0.1) is 0 Å². The molecule has 0 radical (unpaired) electrons. The molecule has 0 spiro atoms. The molecule has 3 aromatic rings. The van der Waals surface area contributed by atoms with E-state index in [0.29, 0.717) is 5.56 Å². The summed E-state index contributed by atoms with van der Waals surface area (Å²) in [6.45, 7) is 0.152. The average Bonchev–Trinajstić information content (AvgIpc) is 2.88. The van der Waals surface area contributed by atoms with Gasteiger partial charge in [0.05, 0.1) is 15.8 Å². The zero-order valence-corrected chi connectivity index (χ0v) is 11.3. The highest BCUT2D eigenvalue weighted by Crippen LogP contribution is 2.22. The minimum atomic E-state index is -0.427. The number of fused-ring (bicyclic) bond motifs is 1. The van der Waals surface area contributed by atoms with Crippen LogP contribution in [0.1, 0.15) is 15.4 Å². The Kier molecular flexibility index (Phi) is 3.35. The number of aromatic hydroxyl groups is 1. The van der Waals surface area contributed by atoms with Gasteiger partial charge in [-0.3, -0.25) is 0 Å². The summed E-state index contributed by atoms with van der Waals surface area (Å²) in [7, 11) is 0. The predicted molar refractivity (Wildman–Crippen MR) is 76.8 cm³/mol. The highest BCUT2D eigenvalue weighted by atomic mass is 32.1. The Hall–Kier alpha value is -2.40. The van der Waals surface area contributed by atoms with Gasteiger partial charge in [0, 0.05) is 0 Å². The lowest BCUT2D eigenvalue weighted by molar-refractivity contribution is 0.0472. The van der Waals surface area contributed by atoms with Gasteiger partial charge in [-0.05, 0) is 36.4 Å². The minimum Gasteiger partial charge on any atom is -0.508 e. The summed E-state index contributed by atoms with van der Waals surface area (Å²) in [5.74, 6) is -0.308. The molecule has 4 nitrogen and oxygen atoms in total. The van der Waals surface area contributed by atoms with Crippen LogP contribution in [0.5, 0.6) is 5.75 Å². The Balaban J connectivity index is 1.69. The smallest absolute Gasteiger partial charge is 0.338 e. The lowest BCUT2D eigenvalue weighted by Crippen LogP contribution is -2.04. The number of para-hydroxylation sites is 1. The SMILES string of the molecule is O=C(OCc1nc2ccccc2s1)c1ccc(O)cc1. The van der Waals surface area contributed by atoms with E-state index in [-0.39, 0.29) is 12.4 Å². The lowest BCUT2D eigenvalue weighted by atomic mass is 10.2. The van der Waals surface area contributed by atoms with E-state index >= 15 is 0 Å². The van der Waals surface area contributed by atoms with Gasteiger partial charge in [0.15, 0.2) is 0 Å². The van der Waals surface area contributed by atoms with E-state index in [1.54, 1.807) is 0 Å². The first-order valence-electron chi connectivity index (χ1n) is 6.03. The van der Waals surface area contributed by atoms with E-state index in [4.69, 9.17) is 9.84 Å². The lowest BCUT2D eigenvalue weighted by Gasteiger charge is -2.02. The number of thiazole rings is 1. The molecule has 5 heteroatoms. The molecule has 0 aliphatic rings. The van der Waals surface area contributed by atoms with Crippen LogP contribution in [-0.2, 0) is 11.3 Å². The summed E-state index contributed by atoms with van der Waals surface area (Å²) in [4.78, 5) is 16.2. The first kappa shape index (κ1) is 12.6. The molecule has 20 heavy (non-hydrogen) atoms. The zero-order chi connectivity index (χ0) is 13.9. The van der Waals surface area contributed by atoms with Crippen LogP contribution in [-0.4, -0.2) is 16.1 Å². The highest BCUT2D eigenvalue weighted by Gasteiger charge is 2.09. The van der Waals surface area contributed by atoms with Crippen LogP contribution >= 0.6 is 11.3 Å². The third kappa shape index (κ3) is 2.62. The molecule has 100 valence electrons. The highest BCUT2D eigenvalue weighted by molar-refractivity contribution is 7.18. The number of rotatable bonds is 3. The van der Waals surface area contributed by atoms with Crippen molar-refractivity contribution < 1.29 is 14.6 Å². The molecule has 0 fully saturated rings. The number of phenols is 1. The Morgan fingerprint density at radius 1 is 1.15 bits per heavy atom. The number of carbonyl (C=O) groups excluding carboxylic acids is 1. The van der Waals surface area contributed by atoms with Gasteiger partial charge < -0.3 is 9.84 Å². The van der Waals surface area contributed by atoms with Crippen molar-refractivity contribution in [3.05, 3.63) is 59.1 Å². The fraction of sp³-hybridized carbons (Fsp3) is 0.0667. The first-order chi connectivity index (χ1) is 9.72. The number of carbonyl (C=O) groups is 1. The number of ether oxygens (including phenoxy) is 1. The zero-order valence-electron chi connectivity index (χ0n) is 10.4. The maximum absolute atomic E-state index is 11.8. The van der Waals surface area contributed by atoms with Crippen molar-refractivity contribution in [1.29, 1.82) is 0 Å². The second-order valence-corrected chi connectivity index (χ2v) is 5.31. The van der Waals surface area contributed by atoms with Crippen molar-refractivity contribution in [3.8, 4) is 5.75 Å². The average molecular weight is 285 g/mol. The Bertz CT molecular complexity index is 716. The molecule has 1 heterocycles. The second kappa shape index (κ2) is 5.30. The molecule has 2 aromatic carbocycles. The fourth-order valence-electron chi connectivity index (χ4n) is 1.79. The van der Waals surface area contributed by atoms with E-state index in [1.165, 1.54) is 35.6 Å². The van der Waals surface area contributed by atoms with E-state index in [2.05, 4.69) is 4.98 Å². The maximum atomic E-state index is 11.8. The van der Waals surface area contributed by atoms with Crippen LogP contribution < -0.4 is 0 Å². The van der Waals surface area contributed by atoms with Crippen molar-refractivity contribution >= 4 is 27.5 Å². The van der Waals surface area contributed by atoms with Gasteiger partial charge in [-0.2, -0.15) is 0 Å². The third-order valence-electron chi connectivity index (χ3n) is 2.77. The molecule has 0 aliphatic heterocycles. The molecule has 0 amide bonds. The molecular formula is C15H11NO3S. The number of phenolic OH excluding ortho intramolecular Hbond substituents is 1. The van der Waals surface area contributed by atoms with Gasteiger partial charge >= 0.3 is 5.97 Å². The normalized spacial score (nSPS) is 10.6. The van der Waals surface area contributed by atoms with Gasteiger partial charge in [0.1, 0.15) is 17.4 Å². The maximum Gasteiger partial charge on any atom is 0.338 e. The number of hydrogen-bond donors (Lipinski definition) is 1. The molecule has 1 aromatic heterocycles. The van der Waals surface area contributed by atoms with Crippen molar-refractivity contribution in [3.63, 3.8) is 0 Å². The van der Waals surface area contributed by atoms with Gasteiger partial charge in [-0.1, -0.05) is 12.1 Å². The Labute approximate surface area is 119 Å². The van der Waals surface area contributed by atoms with Crippen LogP contribution in [0.4, 0.5) is 0 Å². The molecule has 0 atom stereocenters. The van der Waals surface area contributed by atoms with E-state index in [1.807, 2.05) is 24.3 Å². The summed E-state index contributed by atoms with van der Waals surface area (Å²) in [5, 5.41) is 9.93. The van der Waals surface area contributed by atoms with Crippen molar-refractivity contribution in [2.45, 2.75) is 6.61 Å². The summed E-state index contributed by atoms with van der Waals surface area (Å²) in [5.41, 5.74) is 1.32. The topological polar surface area (TPSA) is 59.4 Å². The Morgan fingerprint density at radius 3 is 2.65 bits per heavy atom. The number of aromatic nitrogens is 1. The van der Waals surface area contributed by atoms with Crippen LogP contribution in [0.3, 0.4) is 0 Å². The summed E-state index contributed by atoms with van der Waals surface area (Å²) in [6.07, 6.45) is 0. The van der Waals surface area contributed by atoms with Crippen molar-refractivity contribution in [1.82, 2.24) is 4.98 Å². The Morgan fingerprint density at radius 2 is 1.90 bits per heavy atom. The minimum absolute atomic E-state index is 0.118. The first-order valence-corrected chi connectivity index (χ1v) is 6.84. The van der Waals surface area contributed by atoms with Gasteiger partial charge in [-0.25, -0.2) is 9.78 Å². The molecule has 0 saturated heterocycles. The fourth-order valence-corrected chi connectivity index (χ4v) is 2.67. The standard InChI is InChI=1S/C15H11NO3S/c17-11-7-5-10(6-8-11)15(18)19-9-14-16-12-3-1-2-4-13(12)20-14/h1-8,17H,9H2. The van der Waals surface area contributed by atoms with Crippen LogP contribution in [0.25, 0.3) is 10.2 Å². The predicted octanol–water partition coefficient (Wildman–Crippen LogP) is 3.36. The largest absolute Gasteiger partial charge is 0.508 e. The second-order valence-electron chi connectivity index (χ2n) is 4.20. The van der Waals surface area contributed by atoms with Gasteiger partial charge in [0.2, 0.25) is 0 Å². The summed E-state index contributed by atoms with van der Waals surface area (Å²) >= 11 is 1.51. The summed E-state index contributed by atoms with van der Waals surface area (Å²) in [6, 6.07) is 13.7. The number of hydrogen-bond acceptors (Lipinski definition) is 5. The van der Waals surface area contributed by atoms with Crippen LogP contribution in [0.15, 0.2) is 48.5 Å². The van der Waals surface area contributed by atoms with E-state index < -0.39 is 5.97 Å². The molecule has 0 aliphatic carbocycles. The van der Waals surface area contributed by atoms with Crippen molar-refractivity contribution in [2.75, 3.05) is 0 Å². The third-order valence-corrected chi connectivity index (χ3v) is 3.78. The summed E-state index contributed by atoms with van der Waals surface area (Å²) < 4.78 is 6.28. The van der Waals surface area contributed by atoms with Gasteiger partial charge in [-0.15, -0.1) is 11.3 Å². The number of benzene rings is 2. The monoisotopic (exact) mass is 285 g/mol. The molecule has 1 N–H and O–H groups in total. The number of esters is 1. The molecule has 0 saturated carbocycles. The molecule has 0 unspecified atom stereocenters. The van der Waals surface area contributed by atoms with Crippen LogP contribution in [0.2, 0.25) is 0 Å². The quantitative estimate of drug-likeness (QED) is 0.750. The van der Waals surface area contributed by atoms with Crippen molar-refractivity contribution in [2.24, 2.45) is 0 Å². The molecule has 3 rings (SSSR count). The van der Waals surface area contributed by atoms with E-state index in [9.17, 15) is 4.79 Å².